The molecular formula is C17H31Cl2. The van der Waals surface area contributed by atoms with Crippen molar-refractivity contribution in [2.45, 2.75) is 90.4 Å². The molecule has 0 saturated carbocycles. The van der Waals surface area contributed by atoms with Crippen molar-refractivity contribution in [2.24, 2.45) is 0 Å². The third kappa shape index (κ3) is 18.3. The molecule has 0 atom stereocenters. The molecule has 0 fully saturated rings. The summed E-state index contributed by atoms with van der Waals surface area (Å²) in [5, 5.41) is 0. The fraction of sp³-hybridized carbons (Fsp3) is 0.824. The van der Waals surface area contributed by atoms with E-state index in [0.29, 0.717) is 4.49 Å². The van der Waals surface area contributed by atoms with Gasteiger partial charge in [-0.2, -0.15) is 0 Å². The Hall–Kier alpha value is 0.320. The first kappa shape index (κ1) is 19.3. The number of unbranched alkanes of at least 4 members (excludes halogenated alkanes) is 13. The third-order valence-electron chi connectivity index (χ3n) is 3.50. The van der Waals surface area contributed by atoms with Crippen LogP contribution in [0.3, 0.4) is 0 Å². The predicted molar refractivity (Wildman–Crippen MR) is 89.8 cm³/mol. The summed E-state index contributed by atoms with van der Waals surface area (Å²) in [5.74, 6) is 0. The average Bonchev–Trinajstić information content (AvgIpc) is 2.39. The molecule has 0 spiro atoms. The van der Waals surface area contributed by atoms with Crippen LogP contribution in [-0.4, -0.2) is 0 Å². The van der Waals surface area contributed by atoms with Gasteiger partial charge in [-0.1, -0.05) is 107 Å². The molecule has 0 saturated heterocycles. The SMILES string of the molecule is C[CH]CCCCCCCCCCCCCC=C(Cl)Cl. The molecular weight excluding hydrogens is 275 g/mol. The molecule has 1 radical (unpaired) electrons. The molecule has 0 aromatic heterocycles. The number of hydrogen-bond donors (Lipinski definition) is 0. The van der Waals surface area contributed by atoms with Gasteiger partial charge in [0.1, 0.15) is 4.49 Å². The van der Waals surface area contributed by atoms with Gasteiger partial charge in [0, 0.05) is 0 Å². The first-order chi connectivity index (χ1) is 9.27. The highest BCUT2D eigenvalue weighted by Gasteiger charge is 1.93. The van der Waals surface area contributed by atoms with E-state index in [0.717, 1.165) is 6.42 Å². The zero-order valence-electron chi connectivity index (χ0n) is 12.6. The molecule has 0 bridgehead atoms. The van der Waals surface area contributed by atoms with Gasteiger partial charge in [0.15, 0.2) is 0 Å². The van der Waals surface area contributed by atoms with Gasteiger partial charge >= 0.3 is 0 Å². The van der Waals surface area contributed by atoms with Crippen LogP contribution >= 0.6 is 23.2 Å². The largest absolute Gasteiger partial charge is 0.102 e. The average molecular weight is 306 g/mol. The normalized spacial score (nSPS) is 10.7. The molecule has 0 aromatic rings. The minimum absolute atomic E-state index is 0.414. The molecule has 113 valence electrons. The molecule has 0 unspecified atom stereocenters. The number of rotatable bonds is 14. The van der Waals surface area contributed by atoms with Crippen LogP contribution in [-0.2, 0) is 0 Å². The standard InChI is InChI=1S/C17H31Cl2/c1-2-3-4-5-6-7-8-9-10-11-12-13-14-15-16-17(18)19/h2,16H,3-15H2,1H3. The predicted octanol–water partition coefficient (Wildman–Crippen LogP) is 7.60. The van der Waals surface area contributed by atoms with E-state index < -0.39 is 0 Å². The van der Waals surface area contributed by atoms with E-state index in [1.807, 2.05) is 6.08 Å². The van der Waals surface area contributed by atoms with Gasteiger partial charge in [-0.05, 0) is 19.3 Å². The minimum Gasteiger partial charge on any atom is -0.0713 e. The van der Waals surface area contributed by atoms with Crippen LogP contribution in [0.4, 0.5) is 0 Å². The summed E-state index contributed by atoms with van der Waals surface area (Å²) in [4.78, 5) is 0. The summed E-state index contributed by atoms with van der Waals surface area (Å²) >= 11 is 11.1. The molecule has 2 heteroatoms. The Kier molecular flexibility index (Phi) is 16.7. The smallest absolute Gasteiger partial charge is 0.0713 e. The van der Waals surface area contributed by atoms with Gasteiger partial charge in [0.2, 0.25) is 0 Å². The first-order valence-corrected chi connectivity index (χ1v) is 8.82. The van der Waals surface area contributed by atoms with E-state index in [1.54, 1.807) is 0 Å². The van der Waals surface area contributed by atoms with Gasteiger partial charge in [-0.15, -0.1) is 0 Å². The molecule has 0 N–H and O–H groups in total. The van der Waals surface area contributed by atoms with Gasteiger partial charge in [-0.25, -0.2) is 0 Å². The molecule has 0 amide bonds. The van der Waals surface area contributed by atoms with E-state index in [2.05, 4.69) is 13.3 Å². The zero-order chi connectivity index (χ0) is 14.2. The Balaban J connectivity index is 2.97. The van der Waals surface area contributed by atoms with E-state index in [4.69, 9.17) is 23.2 Å². The van der Waals surface area contributed by atoms with Crippen LogP contribution in [0.5, 0.6) is 0 Å². The van der Waals surface area contributed by atoms with E-state index >= 15 is 0 Å². The van der Waals surface area contributed by atoms with Gasteiger partial charge in [-0.3, -0.25) is 0 Å². The molecule has 0 aliphatic heterocycles. The topological polar surface area (TPSA) is 0 Å². The first-order valence-electron chi connectivity index (χ1n) is 8.06. The van der Waals surface area contributed by atoms with Crippen molar-refractivity contribution in [3.8, 4) is 0 Å². The van der Waals surface area contributed by atoms with Crippen molar-refractivity contribution in [2.75, 3.05) is 0 Å². The van der Waals surface area contributed by atoms with Gasteiger partial charge in [0.05, 0.1) is 0 Å². The van der Waals surface area contributed by atoms with Crippen LogP contribution in [0.2, 0.25) is 0 Å². The Morgan fingerprint density at radius 2 is 1.00 bits per heavy atom. The highest BCUT2D eigenvalue weighted by Crippen LogP contribution is 2.14. The quantitative estimate of drug-likeness (QED) is 0.290. The fourth-order valence-electron chi connectivity index (χ4n) is 2.29. The lowest BCUT2D eigenvalue weighted by Gasteiger charge is -2.02. The van der Waals surface area contributed by atoms with Crippen LogP contribution in [0, 0.1) is 6.42 Å². The lowest BCUT2D eigenvalue weighted by Crippen LogP contribution is -1.82. The summed E-state index contributed by atoms with van der Waals surface area (Å²) in [6.07, 6.45) is 21.7. The zero-order valence-corrected chi connectivity index (χ0v) is 14.1. The van der Waals surface area contributed by atoms with Crippen LogP contribution in [0.1, 0.15) is 90.4 Å². The maximum atomic E-state index is 5.55. The van der Waals surface area contributed by atoms with Crippen LogP contribution in [0.25, 0.3) is 0 Å². The van der Waals surface area contributed by atoms with Crippen LogP contribution in [0.15, 0.2) is 10.6 Å². The highest BCUT2D eigenvalue weighted by molar-refractivity contribution is 6.55. The summed E-state index contributed by atoms with van der Waals surface area (Å²) in [7, 11) is 0. The van der Waals surface area contributed by atoms with Crippen LogP contribution < -0.4 is 0 Å². The molecule has 0 aromatic carbocycles. The highest BCUT2D eigenvalue weighted by atomic mass is 35.5. The number of hydrogen-bond acceptors (Lipinski definition) is 0. The van der Waals surface area contributed by atoms with Crippen molar-refractivity contribution in [1.29, 1.82) is 0 Å². The summed E-state index contributed by atoms with van der Waals surface area (Å²) in [5.41, 5.74) is 0. The fourth-order valence-corrected chi connectivity index (χ4v) is 2.51. The molecule has 0 aliphatic carbocycles. The second-order valence-electron chi connectivity index (χ2n) is 5.37. The second kappa shape index (κ2) is 16.4. The molecule has 0 rings (SSSR count). The van der Waals surface area contributed by atoms with E-state index in [-0.39, 0.29) is 0 Å². The third-order valence-corrected chi connectivity index (χ3v) is 3.80. The maximum Gasteiger partial charge on any atom is 0.102 e. The Morgan fingerprint density at radius 3 is 1.37 bits per heavy atom. The van der Waals surface area contributed by atoms with E-state index in [9.17, 15) is 0 Å². The molecule has 0 aliphatic rings. The molecule has 19 heavy (non-hydrogen) atoms. The molecule has 0 heterocycles. The summed E-state index contributed by atoms with van der Waals surface area (Å²) < 4.78 is 0.414. The van der Waals surface area contributed by atoms with Crippen molar-refractivity contribution in [3.63, 3.8) is 0 Å². The number of halogens is 2. The van der Waals surface area contributed by atoms with Gasteiger partial charge < -0.3 is 0 Å². The lowest BCUT2D eigenvalue weighted by atomic mass is 10.0. The Labute approximate surface area is 130 Å². The number of allylic oxidation sites excluding steroid dienone is 1. The van der Waals surface area contributed by atoms with Crippen molar-refractivity contribution >= 4 is 23.2 Å². The van der Waals surface area contributed by atoms with Crippen molar-refractivity contribution in [3.05, 3.63) is 17.0 Å². The monoisotopic (exact) mass is 305 g/mol. The van der Waals surface area contributed by atoms with Crippen molar-refractivity contribution in [1.82, 2.24) is 0 Å². The second-order valence-corrected chi connectivity index (χ2v) is 6.38. The minimum atomic E-state index is 0.414. The molecule has 0 nitrogen and oxygen atoms in total. The maximum absolute atomic E-state index is 5.55. The Bertz CT molecular complexity index is 195. The summed E-state index contributed by atoms with van der Waals surface area (Å²) in [6.45, 7) is 2.15. The van der Waals surface area contributed by atoms with Crippen molar-refractivity contribution < 1.29 is 0 Å². The summed E-state index contributed by atoms with van der Waals surface area (Å²) in [6, 6.07) is 0. The van der Waals surface area contributed by atoms with Gasteiger partial charge in [0.25, 0.3) is 0 Å². The van der Waals surface area contributed by atoms with E-state index in [1.165, 1.54) is 77.0 Å². The Morgan fingerprint density at radius 1 is 0.632 bits per heavy atom. The lowest BCUT2D eigenvalue weighted by molar-refractivity contribution is 0.546.